The van der Waals surface area contributed by atoms with Crippen LogP contribution < -0.4 is 5.32 Å². The topological polar surface area (TPSA) is 73.9 Å². The van der Waals surface area contributed by atoms with Gasteiger partial charge in [-0.1, -0.05) is 32.9 Å². The molecular formula is C21H33NO5. The van der Waals surface area contributed by atoms with E-state index in [-0.39, 0.29) is 17.9 Å². The summed E-state index contributed by atoms with van der Waals surface area (Å²) < 4.78 is 15.7. The molecule has 0 heterocycles. The molecule has 0 radical (unpaired) electrons. The number of esters is 1. The van der Waals surface area contributed by atoms with Gasteiger partial charge in [0, 0.05) is 12.1 Å². The van der Waals surface area contributed by atoms with Crippen LogP contribution in [-0.4, -0.2) is 50.4 Å². The number of ether oxygens (including phenoxy) is 3. The second-order valence-corrected chi connectivity index (χ2v) is 8.33. The minimum atomic E-state index is -0.512. The Balaban J connectivity index is 2.13. The molecule has 1 amide bonds. The quantitative estimate of drug-likeness (QED) is 0.527. The molecule has 27 heavy (non-hydrogen) atoms. The van der Waals surface area contributed by atoms with E-state index in [2.05, 4.69) is 26.1 Å². The summed E-state index contributed by atoms with van der Waals surface area (Å²) in [6, 6.07) is 7.63. The molecule has 6 nitrogen and oxygen atoms in total. The summed E-state index contributed by atoms with van der Waals surface area (Å²) in [6.07, 6.45) is 0. The average molecular weight is 379 g/mol. The maximum absolute atomic E-state index is 12.1. The summed E-state index contributed by atoms with van der Waals surface area (Å²) in [7, 11) is 0. The number of amides is 1. The summed E-state index contributed by atoms with van der Waals surface area (Å²) in [6.45, 7) is 13.2. The van der Waals surface area contributed by atoms with E-state index in [1.807, 2.05) is 24.3 Å². The van der Waals surface area contributed by atoms with Gasteiger partial charge in [-0.3, -0.25) is 4.79 Å². The first-order valence-corrected chi connectivity index (χ1v) is 9.25. The molecule has 0 aliphatic carbocycles. The minimum Gasteiger partial charge on any atom is -0.458 e. The molecule has 0 saturated heterocycles. The summed E-state index contributed by atoms with van der Waals surface area (Å²) in [4.78, 5) is 23.5. The van der Waals surface area contributed by atoms with Crippen LogP contribution in [0.25, 0.3) is 0 Å². The van der Waals surface area contributed by atoms with Gasteiger partial charge in [-0.2, -0.15) is 0 Å². The Morgan fingerprint density at radius 3 is 2.04 bits per heavy atom. The molecule has 0 unspecified atom stereocenters. The number of benzene rings is 1. The average Bonchev–Trinajstić information content (AvgIpc) is 2.54. The molecule has 1 N–H and O–H groups in total. The second-order valence-electron chi connectivity index (χ2n) is 8.33. The molecule has 0 aliphatic rings. The molecule has 1 aromatic rings. The third kappa shape index (κ3) is 10.1. The van der Waals surface area contributed by atoms with E-state index in [4.69, 9.17) is 14.2 Å². The number of hydrogen-bond acceptors (Lipinski definition) is 5. The van der Waals surface area contributed by atoms with E-state index >= 15 is 0 Å². The van der Waals surface area contributed by atoms with Crippen LogP contribution in [-0.2, 0) is 24.4 Å². The molecule has 0 atom stereocenters. The molecule has 0 aromatic heterocycles. The number of carbonyl (C=O) groups is 2. The third-order valence-electron chi connectivity index (χ3n) is 3.56. The van der Waals surface area contributed by atoms with Crippen molar-refractivity contribution in [3.05, 3.63) is 35.4 Å². The SMILES string of the molecule is CC(C)(C)OC(=O)COCCOCCNC(=O)c1ccc(C(C)(C)C)cc1. The standard InChI is InChI=1S/C21H33NO5/c1-20(2,3)17-9-7-16(8-10-17)19(24)22-11-12-25-13-14-26-15-18(23)27-21(4,5)6/h7-10H,11-15H2,1-6H3,(H,22,24). The van der Waals surface area contributed by atoms with Gasteiger partial charge in [0.25, 0.3) is 5.91 Å². The summed E-state index contributed by atoms with van der Waals surface area (Å²) in [5.74, 6) is -0.521. The maximum Gasteiger partial charge on any atom is 0.332 e. The van der Waals surface area contributed by atoms with E-state index in [9.17, 15) is 9.59 Å². The fourth-order valence-corrected chi connectivity index (χ4v) is 2.21. The van der Waals surface area contributed by atoms with Crippen LogP contribution >= 0.6 is 0 Å². The lowest BCUT2D eigenvalue weighted by Gasteiger charge is -2.19. The van der Waals surface area contributed by atoms with Gasteiger partial charge in [0.15, 0.2) is 0 Å². The number of hydrogen-bond donors (Lipinski definition) is 1. The molecule has 1 aromatic carbocycles. The summed E-state index contributed by atoms with van der Waals surface area (Å²) in [5.41, 5.74) is 1.37. The van der Waals surface area contributed by atoms with Crippen LogP contribution in [0.3, 0.4) is 0 Å². The van der Waals surface area contributed by atoms with Gasteiger partial charge >= 0.3 is 5.97 Å². The number of carbonyl (C=O) groups excluding carboxylic acids is 2. The Bertz CT molecular complexity index is 596. The first-order chi connectivity index (χ1) is 12.5. The van der Waals surface area contributed by atoms with Crippen molar-refractivity contribution in [2.45, 2.75) is 52.6 Å². The summed E-state index contributed by atoms with van der Waals surface area (Å²) >= 11 is 0. The summed E-state index contributed by atoms with van der Waals surface area (Å²) in [5, 5.41) is 2.81. The second kappa shape index (κ2) is 10.4. The van der Waals surface area contributed by atoms with Crippen molar-refractivity contribution in [2.75, 3.05) is 33.0 Å². The highest BCUT2D eigenvalue weighted by Crippen LogP contribution is 2.22. The zero-order chi connectivity index (χ0) is 20.5. The molecule has 0 aliphatic heterocycles. The molecule has 1 rings (SSSR count). The van der Waals surface area contributed by atoms with Gasteiger partial charge in [0.05, 0.1) is 19.8 Å². The van der Waals surface area contributed by atoms with Crippen molar-refractivity contribution >= 4 is 11.9 Å². The zero-order valence-corrected chi connectivity index (χ0v) is 17.4. The number of nitrogens with one attached hydrogen (secondary N) is 1. The van der Waals surface area contributed by atoms with E-state index in [0.29, 0.717) is 31.9 Å². The predicted molar refractivity (Wildman–Crippen MR) is 105 cm³/mol. The monoisotopic (exact) mass is 379 g/mol. The Hall–Kier alpha value is -1.92. The van der Waals surface area contributed by atoms with Crippen LogP contribution in [0.2, 0.25) is 0 Å². The molecule has 0 spiro atoms. The fraction of sp³-hybridized carbons (Fsp3) is 0.619. The highest BCUT2D eigenvalue weighted by atomic mass is 16.6. The van der Waals surface area contributed by atoms with Gasteiger partial charge in [-0.15, -0.1) is 0 Å². The van der Waals surface area contributed by atoms with E-state index < -0.39 is 11.6 Å². The lowest BCUT2D eigenvalue weighted by molar-refractivity contribution is -0.160. The van der Waals surface area contributed by atoms with Crippen molar-refractivity contribution in [1.29, 1.82) is 0 Å². The molecule has 0 saturated carbocycles. The highest BCUT2D eigenvalue weighted by molar-refractivity contribution is 5.94. The normalized spacial score (nSPS) is 11.9. The lowest BCUT2D eigenvalue weighted by Crippen LogP contribution is -2.28. The van der Waals surface area contributed by atoms with Crippen LogP contribution in [0.15, 0.2) is 24.3 Å². The zero-order valence-electron chi connectivity index (χ0n) is 17.4. The maximum atomic E-state index is 12.1. The van der Waals surface area contributed by atoms with E-state index in [1.54, 1.807) is 20.8 Å². The smallest absolute Gasteiger partial charge is 0.332 e. The molecule has 152 valence electrons. The van der Waals surface area contributed by atoms with Gasteiger partial charge in [-0.05, 0) is 43.9 Å². The van der Waals surface area contributed by atoms with Gasteiger partial charge in [-0.25, -0.2) is 4.79 Å². The van der Waals surface area contributed by atoms with Gasteiger partial charge in [0.1, 0.15) is 12.2 Å². The first-order valence-electron chi connectivity index (χ1n) is 9.25. The molecular weight excluding hydrogens is 346 g/mol. The Morgan fingerprint density at radius 2 is 1.48 bits per heavy atom. The molecule has 6 heteroatoms. The van der Waals surface area contributed by atoms with Crippen LogP contribution in [0.4, 0.5) is 0 Å². The van der Waals surface area contributed by atoms with Crippen molar-refractivity contribution in [3.8, 4) is 0 Å². The van der Waals surface area contributed by atoms with Gasteiger partial charge < -0.3 is 19.5 Å². The van der Waals surface area contributed by atoms with Crippen LogP contribution in [0.5, 0.6) is 0 Å². The van der Waals surface area contributed by atoms with Crippen LogP contribution in [0.1, 0.15) is 57.5 Å². The van der Waals surface area contributed by atoms with Crippen LogP contribution in [0, 0.1) is 0 Å². The van der Waals surface area contributed by atoms with Crippen molar-refractivity contribution in [3.63, 3.8) is 0 Å². The highest BCUT2D eigenvalue weighted by Gasteiger charge is 2.16. The Labute approximate surface area is 162 Å². The largest absolute Gasteiger partial charge is 0.458 e. The number of rotatable bonds is 9. The molecule has 0 fully saturated rings. The van der Waals surface area contributed by atoms with Gasteiger partial charge in [0.2, 0.25) is 0 Å². The fourth-order valence-electron chi connectivity index (χ4n) is 2.21. The Kier molecular flexibility index (Phi) is 8.93. The molecule has 0 bridgehead atoms. The lowest BCUT2D eigenvalue weighted by atomic mass is 9.87. The minimum absolute atomic E-state index is 0.0639. The third-order valence-corrected chi connectivity index (χ3v) is 3.56. The van der Waals surface area contributed by atoms with Crippen molar-refractivity contribution in [2.24, 2.45) is 0 Å². The van der Waals surface area contributed by atoms with E-state index in [1.165, 1.54) is 5.56 Å². The predicted octanol–water partition coefficient (Wildman–Crippen LogP) is 3.09. The Morgan fingerprint density at radius 1 is 0.889 bits per heavy atom. The van der Waals surface area contributed by atoms with Crippen molar-refractivity contribution in [1.82, 2.24) is 5.32 Å². The first kappa shape index (κ1) is 23.1. The van der Waals surface area contributed by atoms with Crippen molar-refractivity contribution < 1.29 is 23.8 Å². The van der Waals surface area contributed by atoms with E-state index in [0.717, 1.165) is 0 Å².